The van der Waals surface area contributed by atoms with Crippen molar-refractivity contribution in [1.29, 1.82) is 0 Å². The second kappa shape index (κ2) is 11.1. The second-order valence-corrected chi connectivity index (χ2v) is 4.59. The molecule has 0 aromatic heterocycles. The van der Waals surface area contributed by atoms with Crippen molar-refractivity contribution in [3.63, 3.8) is 0 Å². The number of carbonyl (C=O) groups is 5. The Morgan fingerprint density at radius 3 is 1.42 bits per heavy atom. The Morgan fingerprint density at radius 1 is 0.667 bits per heavy atom. The number of Topliss-reactive ketones (excluding diaryl/α,β-unsaturated/α-hetero) is 1. The maximum absolute atomic E-state index is 11.2. The van der Waals surface area contributed by atoms with Crippen molar-refractivity contribution in [2.45, 2.75) is 51.7 Å². The third-order valence-corrected chi connectivity index (χ3v) is 2.36. The van der Waals surface area contributed by atoms with Crippen molar-refractivity contribution in [2.75, 3.05) is 0 Å². The largest absolute Gasteiger partial charge is 0.386 e. The lowest BCUT2D eigenvalue weighted by Crippen LogP contribution is -2.22. The van der Waals surface area contributed by atoms with Gasteiger partial charge in [-0.2, -0.15) is 0 Å². The lowest BCUT2D eigenvalue weighted by atomic mass is 10.1. The van der Waals surface area contributed by atoms with Gasteiger partial charge in [-0.05, 0) is 13.8 Å². The van der Waals surface area contributed by atoms with Crippen LogP contribution in [0.15, 0.2) is 0 Å². The minimum Gasteiger partial charge on any atom is -0.386 e. The molecule has 24 heavy (non-hydrogen) atoms. The molecule has 2 atom stereocenters. The number of hydrogen-bond acceptors (Lipinski definition) is 11. The fraction of sp³-hybridized carbons (Fsp3) is 0.615. The number of aliphatic hydroxyl groups is 2. The molecule has 0 spiro atoms. The Bertz CT molecular complexity index is 438. The molecule has 0 aromatic carbocycles. The molecule has 11 heteroatoms. The van der Waals surface area contributed by atoms with Crippen molar-refractivity contribution < 1.29 is 53.7 Å². The van der Waals surface area contributed by atoms with E-state index in [0.717, 1.165) is 6.92 Å². The zero-order valence-electron chi connectivity index (χ0n) is 13.1. The van der Waals surface area contributed by atoms with Gasteiger partial charge in [0.2, 0.25) is 0 Å². The Balaban J connectivity index is 3.86. The molecule has 0 fully saturated rings. The standard InChI is InChI=1S/C13H18O11/c1-7(14)9(16)3-4-10(17)21-22-11(18)5-6-12(19)23-24-13(20)8(2)15/h7-8,14-15H,3-6H2,1-2H3. The molecule has 0 saturated carbocycles. The molecule has 2 unspecified atom stereocenters. The van der Waals surface area contributed by atoms with Crippen LogP contribution >= 0.6 is 0 Å². The van der Waals surface area contributed by atoms with E-state index in [1.807, 2.05) is 0 Å². The molecule has 11 nitrogen and oxygen atoms in total. The number of hydrogen-bond donors (Lipinski definition) is 2. The first-order valence-electron chi connectivity index (χ1n) is 6.83. The zero-order valence-corrected chi connectivity index (χ0v) is 13.1. The Hall–Kier alpha value is -2.53. The third-order valence-electron chi connectivity index (χ3n) is 2.36. The molecule has 136 valence electrons. The minimum atomic E-state index is -1.48. The van der Waals surface area contributed by atoms with Crippen LogP contribution in [0.3, 0.4) is 0 Å². The highest BCUT2D eigenvalue weighted by molar-refractivity contribution is 5.86. The lowest BCUT2D eigenvalue weighted by Gasteiger charge is -2.05. The predicted octanol–water partition coefficient (Wildman–Crippen LogP) is -1.12. The Kier molecular flexibility index (Phi) is 9.91. The van der Waals surface area contributed by atoms with Crippen molar-refractivity contribution >= 4 is 29.7 Å². The molecular weight excluding hydrogens is 332 g/mol. The van der Waals surface area contributed by atoms with Crippen molar-refractivity contribution in [3.8, 4) is 0 Å². The van der Waals surface area contributed by atoms with Gasteiger partial charge in [-0.1, -0.05) is 0 Å². The lowest BCUT2D eigenvalue weighted by molar-refractivity contribution is -0.266. The molecule has 2 N–H and O–H groups in total. The molecule has 0 heterocycles. The van der Waals surface area contributed by atoms with Crippen LogP contribution in [0.4, 0.5) is 0 Å². The van der Waals surface area contributed by atoms with Gasteiger partial charge in [0, 0.05) is 6.42 Å². The van der Waals surface area contributed by atoms with Gasteiger partial charge in [-0.15, -0.1) is 0 Å². The van der Waals surface area contributed by atoms with E-state index in [0.29, 0.717) is 0 Å². The van der Waals surface area contributed by atoms with Crippen molar-refractivity contribution in [1.82, 2.24) is 0 Å². The van der Waals surface area contributed by atoms with E-state index in [9.17, 15) is 24.0 Å². The van der Waals surface area contributed by atoms with Crippen molar-refractivity contribution in [3.05, 3.63) is 0 Å². The topological polar surface area (TPSA) is 163 Å². The summed E-state index contributed by atoms with van der Waals surface area (Å²) in [7, 11) is 0. The number of aliphatic hydroxyl groups excluding tert-OH is 2. The van der Waals surface area contributed by atoms with E-state index in [1.165, 1.54) is 6.92 Å². The van der Waals surface area contributed by atoms with E-state index in [2.05, 4.69) is 19.6 Å². The Morgan fingerprint density at radius 2 is 1.04 bits per heavy atom. The van der Waals surface area contributed by atoms with Crippen LogP contribution in [0, 0.1) is 0 Å². The van der Waals surface area contributed by atoms with Crippen LogP contribution in [-0.4, -0.2) is 52.1 Å². The van der Waals surface area contributed by atoms with Gasteiger partial charge < -0.3 is 10.2 Å². The number of ketones is 1. The van der Waals surface area contributed by atoms with Gasteiger partial charge in [0.1, 0.15) is 6.10 Å². The van der Waals surface area contributed by atoms with E-state index in [1.54, 1.807) is 0 Å². The van der Waals surface area contributed by atoms with Crippen LogP contribution in [0.5, 0.6) is 0 Å². The molecule has 0 rings (SSSR count). The molecular formula is C13H18O11. The second-order valence-electron chi connectivity index (χ2n) is 4.59. The van der Waals surface area contributed by atoms with E-state index < -0.39 is 61.1 Å². The normalized spacial score (nSPS) is 12.5. The van der Waals surface area contributed by atoms with E-state index >= 15 is 0 Å². The van der Waals surface area contributed by atoms with Crippen LogP contribution in [0.2, 0.25) is 0 Å². The predicted molar refractivity (Wildman–Crippen MR) is 71.2 cm³/mol. The molecule has 0 radical (unpaired) electrons. The molecule has 0 aromatic rings. The molecule has 0 saturated heterocycles. The highest BCUT2D eigenvalue weighted by Crippen LogP contribution is 2.01. The highest BCUT2D eigenvalue weighted by Gasteiger charge is 2.18. The number of carbonyl (C=O) groups excluding carboxylic acids is 5. The highest BCUT2D eigenvalue weighted by atomic mass is 17.2. The molecule has 0 aliphatic rings. The fourth-order valence-electron chi connectivity index (χ4n) is 1.01. The summed E-state index contributed by atoms with van der Waals surface area (Å²) >= 11 is 0. The van der Waals surface area contributed by atoms with E-state index in [-0.39, 0.29) is 6.42 Å². The molecule has 0 aliphatic heterocycles. The average molecular weight is 350 g/mol. The maximum atomic E-state index is 11.2. The summed E-state index contributed by atoms with van der Waals surface area (Å²) in [5.74, 6) is -4.94. The van der Waals surface area contributed by atoms with E-state index in [4.69, 9.17) is 10.2 Å². The monoisotopic (exact) mass is 350 g/mol. The minimum absolute atomic E-state index is 0.283. The van der Waals surface area contributed by atoms with Crippen LogP contribution in [0.1, 0.15) is 39.5 Å². The van der Waals surface area contributed by atoms with Gasteiger partial charge in [0.25, 0.3) is 0 Å². The first-order chi connectivity index (χ1) is 11.1. The third kappa shape index (κ3) is 10.2. The van der Waals surface area contributed by atoms with Gasteiger partial charge in [-0.25, -0.2) is 38.7 Å². The van der Waals surface area contributed by atoms with Crippen LogP contribution in [0.25, 0.3) is 0 Å². The summed E-state index contributed by atoms with van der Waals surface area (Å²) in [6.45, 7) is 2.34. The summed E-state index contributed by atoms with van der Waals surface area (Å²) in [6, 6.07) is 0. The Labute approximate surface area is 136 Å². The van der Waals surface area contributed by atoms with Crippen molar-refractivity contribution in [2.24, 2.45) is 0 Å². The van der Waals surface area contributed by atoms with Gasteiger partial charge in [0.15, 0.2) is 11.9 Å². The quantitative estimate of drug-likeness (QED) is 0.402. The summed E-state index contributed by atoms with van der Waals surface area (Å²) in [6.07, 6.45) is -4.45. The molecule has 0 bridgehead atoms. The SMILES string of the molecule is CC(O)C(=O)CCC(=O)OOC(=O)CCC(=O)OOC(=O)C(C)O. The molecule has 0 amide bonds. The fourth-order valence-corrected chi connectivity index (χ4v) is 1.01. The average Bonchev–Trinajstić information content (AvgIpc) is 2.52. The van der Waals surface area contributed by atoms with Gasteiger partial charge in [-0.3, -0.25) is 4.79 Å². The van der Waals surface area contributed by atoms with Crippen LogP contribution < -0.4 is 0 Å². The maximum Gasteiger partial charge on any atom is 0.383 e. The summed E-state index contributed by atoms with van der Waals surface area (Å²) in [4.78, 5) is 71.4. The molecule has 0 aliphatic carbocycles. The first kappa shape index (κ1) is 21.5. The summed E-state index contributed by atoms with van der Waals surface area (Å²) < 4.78 is 0. The van der Waals surface area contributed by atoms with Gasteiger partial charge >= 0.3 is 23.9 Å². The number of rotatable bonds is 8. The summed E-state index contributed by atoms with van der Waals surface area (Å²) in [5, 5.41) is 17.7. The van der Waals surface area contributed by atoms with Crippen LogP contribution in [-0.2, 0) is 43.5 Å². The summed E-state index contributed by atoms with van der Waals surface area (Å²) in [5.41, 5.74) is 0. The smallest absolute Gasteiger partial charge is 0.383 e. The zero-order chi connectivity index (χ0) is 18.7. The van der Waals surface area contributed by atoms with Gasteiger partial charge in [0.05, 0.1) is 19.3 Å². The first-order valence-corrected chi connectivity index (χ1v) is 6.83.